The largest absolute Gasteiger partial charge is 0.496 e. The standard InChI is InChI=1S/C19H23F2N3O/c1-22-19(23-9-7-14-11-16(20)13-17(21)12-14)24-10-8-15-5-3-4-6-18(15)25-2/h3-6,11-13H,7-10H2,1-2H3,(H2,22,23,24). The third-order valence-corrected chi connectivity index (χ3v) is 3.73. The molecule has 0 unspecified atom stereocenters. The molecular weight excluding hydrogens is 324 g/mol. The Balaban J connectivity index is 1.77. The Kier molecular flexibility index (Phi) is 7.19. The van der Waals surface area contributed by atoms with Gasteiger partial charge in [-0.2, -0.15) is 0 Å². The van der Waals surface area contributed by atoms with Crippen LogP contribution in [0.3, 0.4) is 0 Å². The first-order valence-corrected chi connectivity index (χ1v) is 8.13. The molecule has 0 aliphatic heterocycles. The quantitative estimate of drug-likeness (QED) is 0.598. The van der Waals surface area contributed by atoms with Gasteiger partial charge in [-0.3, -0.25) is 4.99 Å². The van der Waals surface area contributed by atoms with E-state index in [2.05, 4.69) is 15.6 Å². The minimum atomic E-state index is -0.561. The lowest BCUT2D eigenvalue weighted by Crippen LogP contribution is -2.39. The smallest absolute Gasteiger partial charge is 0.190 e. The van der Waals surface area contributed by atoms with Gasteiger partial charge in [-0.15, -0.1) is 0 Å². The highest BCUT2D eigenvalue weighted by atomic mass is 19.1. The van der Waals surface area contributed by atoms with Gasteiger partial charge in [0.25, 0.3) is 0 Å². The lowest BCUT2D eigenvalue weighted by atomic mass is 10.1. The highest BCUT2D eigenvalue weighted by Crippen LogP contribution is 2.17. The Morgan fingerprint density at radius 3 is 2.28 bits per heavy atom. The predicted octanol–water partition coefficient (Wildman–Crippen LogP) is 2.92. The fourth-order valence-corrected chi connectivity index (χ4v) is 2.53. The van der Waals surface area contributed by atoms with Gasteiger partial charge in [0.15, 0.2) is 5.96 Å². The van der Waals surface area contributed by atoms with Gasteiger partial charge in [0, 0.05) is 26.2 Å². The zero-order valence-corrected chi connectivity index (χ0v) is 14.5. The van der Waals surface area contributed by atoms with Crippen LogP contribution in [0.2, 0.25) is 0 Å². The fourth-order valence-electron chi connectivity index (χ4n) is 2.53. The molecule has 0 aromatic heterocycles. The number of guanidine groups is 1. The van der Waals surface area contributed by atoms with Gasteiger partial charge in [0.05, 0.1) is 7.11 Å². The third kappa shape index (κ3) is 6.06. The zero-order valence-electron chi connectivity index (χ0n) is 14.5. The van der Waals surface area contributed by atoms with Gasteiger partial charge in [-0.25, -0.2) is 8.78 Å². The molecule has 0 saturated heterocycles. The maximum absolute atomic E-state index is 13.2. The van der Waals surface area contributed by atoms with Crippen molar-refractivity contribution in [2.45, 2.75) is 12.8 Å². The highest BCUT2D eigenvalue weighted by molar-refractivity contribution is 5.79. The monoisotopic (exact) mass is 347 g/mol. The van der Waals surface area contributed by atoms with Gasteiger partial charge in [0.2, 0.25) is 0 Å². The Morgan fingerprint density at radius 2 is 1.64 bits per heavy atom. The summed E-state index contributed by atoms with van der Waals surface area (Å²) in [7, 11) is 3.34. The summed E-state index contributed by atoms with van der Waals surface area (Å²) in [6.45, 7) is 1.21. The van der Waals surface area contributed by atoms with Crippen molar-refractivity contribution in [3.05, 3.63) is 65.2 Å². The topological polar surface area (TPSA) is 45.7 Å². The summed E-state index contributed by atoms with van der Waals surface area (Å²) in [6, 6.07) is 11.4. The first-order valence-electron chi connectivity index (χ1n) is 8.13. The molecule has 0 atom stereocenters. The Bertz CT molecular complexity index is 699. The van der Waals surface area contributed by atoms with Crippen LogP contribution in [0.1, 0.15) is 11.1 Å². The Labute approximate surface area is 146 Å². The van der Waals surface area contributed by atoms with Crippen molar-refractivity contribution in [1.82, 2.24) is 10.6 Å². The van der Waals surface area contributed by atoms with Crippen LogP contribution in [0.15, 0.2) is 47.5 Å². The molecule has 0 saturated carbocycles. The Morgan fingerprint density at radius 1 is 1.00 bits per heavy atom. The van der Waals surface area contributed by atoms with E-state index in [1.807, 2.05) is 24.3 Å². The molecule has 0 aliphatic carbocycles. The number of ether oxygens (including phenoxy) is 1. The molecular formula is C19H23F2N3O. The minimum Gasteiger partial charge on any atom is -0.496 e. The number of hydrogen-bond donors (Lipinski definition) is 2. The SMILES string of the molecule is CN=C(NCCc1cc(F)cc(F)c1)NCCc1ccccc1OC. The second kappa shape index (κ2) is 9.61. The van der Waals surface area contributed by atoms with Crippen molar-refractivity contribution in [2.75, 3.05) is 27.2 Å². The molecule has 0 amide bonds. The molecule has 0 bridgehead atoms. The van der Waals surface area contributed by atoms with E-state index in [0.29, 0.717) is 31.0 Å². The number of hydrogen-bond acceptors (Lipinski definition) is 2. The Hall–Kier alpha value is -2.63. The van der Waals surface area contributed by atoms with Crippen LogP contribution in [-0.4, -0.2) is 33.2 Å². The molecule has 0 spiro atoms. The van der Waals surface area contributed by atoms with Crippen LogP contribution in [0, 0.1) is 11.6 Å². The van der Waals surface area contributed by atoms with Crippen LogP contribution in [0.4, 0.5) is 8.78 Å². The van der Waals surface area contributed by atoms with Crippen LogP contribution in [0.5, 0.6) is 5.75 Å². The van der Waals surface area contributed by atoms with Crippen molar-refractivity contribution < 1.29 is 13.5 Å². The van der Waals surface area contributed by atoms with E-state index >= 15 is 0 Å². The second-order valence-electron chi connectivity index (χ2n) is 5.52. The number of nitrogens with one attached hydrogen (secondary N) is 2. The number of benzene rings is 2. The summed E-state index contributed by atoms with van der Waals surface area (Å²) in [5.74, 6) is 0.385. The second-order valence-corrected chi connectivity index (χ2v) is 5.52. The van der Waals surface area contributed by atoms with E-state index in [9.17, 15) is 8.78 Å². The maximum Gasteiger partial charge on any atom is 0.190 e. The molecule has 0 aliphatic rings. The molecule has 0 fully saturated rings. The van der Waals surface area contributed by atoms with Gasteiger partial charge >= 0.3 is 0 Å². The fraction of sp³-hybridized carbons (Fsp3) is 0.316. The number of para-hydroxylation sites is 1. The number of aliphatic imine (C=N–C) groups is 1. The van der Waals surface area contributed by atoms with Gasteiger partial charge in [-0.1, -0.05) is 18.2 Å². The van der Waals surface area contributed by atoms with Crippen molar-refractivity contribution in [3.8, 4) is 5.75 Å². The molecule has 25 heavy (non-hydrogen) atoms. The van der Waals surface area contributed by atoms with E-state index in [1.54, 1.807) is 14.2 Å². The van der Waals surface area contributed by atoms with E-state index in [1.165, 1.54) is 12.1 Å². The average Bonchev–Trinajstić information content (AvgIpc) is 2.60. The van der Waals surface area contributed by atoms with Crippen molar-refractivity contribution in [3.63, 3.8) is 0 Å². The van der Waals surface area contributed by atoms with Gasteiger partial charge in [-0.05, 0) is 42.2 Å². The van der Waals surface area contributed by atoms with Gasteiger partial charge < -0.3 is 15.4 Å². The zero-order chi connectivity index (χ0) is 18.1. The highest BCUT2D eigenvalue weighted by Gasteiger charge is 2.04. The molecule has 2 aromatic rings. The predicted molar refractivity (Wildman–Crippen MR) is 96.1 cm³/mol. The average molecular weight is 347 g/mol. The van der Waals surface area contributed by atoms with Crippen LogP contribution in [-0.2, 0) is 12.8 Å². The number of rotatable bonds is 7. The van der Waals surface area contributed by atoms with Crippen LogP contribution < -0.4 is 15.4 Å². The number of nitrogens with zero attached hydrogens (tertiary/aromatic N) is 1. The minimum absolute atomic E-state index is 0.502. The van der Waals surface area contributed by atoms with E-state index < -0.39 is 11.6 Å². The summed E-state index contributed by atoms with van der Waals surface area (Å²) in [4.78, 5) is 4.14. The molecule has 4 nitrogen and oxygen atoms in total. The summed E-state index contributed by atoms with van der Waals surface area (Å²) < 4.78 is 31.7. The maximum atomic E-state index is 13.2. The molecule has 2 N–H and O–H groups in total. The molecule has 6 heteroatoms. The van der Waals surface area contributed by atoms with E-state index in [0.717, 1.165) is 23.8 Å². The van der Waals surface area contributed by atoms with Crippen molar-refractivity contribution in [2.24, 2.45) is 4.99 Å². The lowest BCUT2D eigenvalue weighted by Gasteiger charge is -2.13. The van der Waals surface area contributed by atoms with Gasteiger partial charge in [0.1, 0.15) is 17.4 Å². The summed E-state index contributed by atoms with van der Waals surface area (Å²) >= 11 is 0. The molecule has 0 heterocycles. The lowest BCUT2D eigenvalue weighted by molar-refractivity contribution is 0.409. The first-order chi connectivity index (χ1) is 12.1. The van der Waals surface area contributed by atoms with E-state index in [-0.39, 0.29) is 0 Å². The number of methoxy groups -OCH3 is 1. The third-order valence-electron chi connectivity index (χ3n) is 3.73. The molecule has 0 radical (unpaired) electrons. The van der Waals surface area contributed by atoms with Crippen LogP contribution >= 0.6 is 0 Å². The summed E-state index contributed by atoms with van der Waals surface area (Å²) in [6.07, 6.45) is 1.29. The van der Waals surface area contributed by atoms with Crippen molar-refractivity contribution >= 4 is 5.96 Å². The van der Waals surface area contributed by atoms with Crippen molar-refractivity contribution in [1.29, 1.82) is 0 Å². The molecule has 134 valence electrons. The summed E-state index contributed by atoms with van der Waals surface area (Å²) in [5.41, 5.74) is 1.72. The molecule has 2 aromatic carbocycles. The number of halogens is 2. The van der Waals surface area contributed by atoms with Crippen LogP contribution in [0.25, 0.3) is 0 Å². The summed E-state index contributed by atoms with van der Waals surface area (Å²) in [5, 5.41) is 6.35. The van der Waals surface area contributed by atoms with E-state index in [4.69, 9.17) is 4.74 Å². The first kappa shape index (κ1) is 18.7. The molecule has 2 rings (SSSR count). The normalized spacial score (nSPS) is 11.3.